The van der Waals surface area contributed by atoms with Gasteiger partial charge in [-0.15, -0.1) is 0 Å². The summed E-state index contributed by atoms with van der Waals surface area (Å²) in [7, 11) is 0. The highest BCUT2D eigenvalue weighted by Crippen LogP contribution is 2.19. The van der Waals surface area contributed by atoms with Crippen molar-refractivity contribution in [1.29, 1.82) is 0 Å². The monoisotopic (exact) mass is 265 g/mol. The molecule has 0 aromatic heterocycles. The van der Waals surface area contributed by atoms with Crippen molar-refractivity contribution >= 4 is 17.3 Å². The van der Waals surface area contributed by atoms with Gasteiger partial charge in [0.2, 0.25) is 0 Å². The second kappa shape index (κ2) is 5.85. The van der Waals surface area contributed by atoms with Gasteiger partial charge in [-0.1, -0.05) is 35.9 Å². The number of nitrogen functional groups attached to an aromatic ring is 1. The number of halogens is 2. The molecule has 2 N–H and O–H groups in total. The Balaban J connectivity index is 1.99. The third-order valence-corrected chi connectivity index (χ3v) is 2.99. The van der Waals surface area contributed by atoms with Crippen molar-refractivity contribution < 1.29 is 9.13 Å². The minimum Gasteiger partial charge on any atom is -0.398 e. The van der Waals surface area contributed by atoms with Crippen LogP contribution in [0.3, 0.4) is 0 Å². The van der Waals surface area contributed by atoms with E-state index in [1.54, 1.807) is 18.2 Å². The van der Waals surface area contributed by atoms with Crippen LogP contribution in [0.15, 0.2) is 42.5 Å². The average molecular weight is 266 g/mol. The zero-order valence-electron chi connectivity index (χ0n) is 9.70. The van der Waals surface area contributed by atoms with E-state index >= 15 is 0 Å². The van der Waals surface area contributed by atoms with Gasteiger partial charge in [-0.25, -0.2) is 4.39 Å². The fraction of sp³-hybridized carbons (Fsp3) is 0.143. The minimum absolute atomic E-state index is 0.129. The first kappa shape index (κ1) is 12.9. The van der Waals surface area contributed by atoms with Crippen molar-refractivity contribution in [2.75, 3.05) is 5.73 Å². The number of benzene rings is 2. The Labute approximate surface area is 110 Å². The fourth-order valence-electron chi connectivity index (χ4n) is 1.61. The van der Waals surface area contributed by atoms with Crippen LogP contribution in [0.25, 0.3) is 0 Å². The Morgan fingerprint density at radius 3 is 2.56 bits per heavy atom. The van der Waals surface area contributed by atoms with Crippen molar-refractivity contribution in [2.45, 2.75) is 13.2 Å². The highest BCUT2D eigenvalue weighted by molar-refractivity contribution is 6.31. The topological polar surface area (TPSA) is 35.2 Å². The van der Waals surface area contributed by atoms with Crippen molar-refractivity contribution in [2.24, 2.45) is 0 Å². The molecule has 0 atom stereocenters. The zero-order valence-corrected chi connectivity index (χ0v) is 10.5. The van der Waals surface area contributed by atoms with Crippen LogP contribution in [0.1, 0.15) is 11.1 Å². The maximum absolute atomic E-state index is 13.5. The summed E-state index contributed by atoms with van der Waals surface area (Å²) in [6.07, 6.45) is 0. The molecule has 0 radical (unpaired) electrons. The lowest BCUT2D eigenvalue weighted by atomic mass is 10.2. The van der Waals surface area contributed by atoms with E-state index in [1.807, 2.05) is 18.2 Å². The van der Waals surface area contributed by atoms with Gasteiger partial charge in [-0.05, 0) is 23.8 Å². The highest BCUT2D eigenvalue weighted by Gasteiger charge is 2.06. The van der Waals surface area contributed by atoms with Crippen molar-refractivity contribution in [3.05, 3.63) is 64.4 Å². The molecule has 0 aliphatic rings. The van der Waals surface area contributed by atoms with Gasteiger partial charge in [0.15, 0.2) is 0 Å². The molecule has 0 aliphatic carbocycles. The zero-order chi connectivity index (χ0) is 13.0. The lowest BCUT2D eigenvalue weighted by molar-refractivity contribution is 0.105. The molecule has 0 amide bonds. The molecule has 0 saturated heterocycles. The molecule has 2 rings (SSSR count). The molecule has 0 spiro atoms. The smallest absolute Gasteiger partial charge is 0.130 e. The SMILES string of the molecule is Nc1cccc(F)c1COCc1ccccc1Cl. The van der Waals surface area contributed by atoms with Gasteiger partial charge >= 0.3 is 0 Å². The Hall–Kier alpha value is -1.58. The van der Waals surface area contributed by atoms with Gasteiger partial charge in [0.05, 0.1) is 13.2 Å². The maximum atomic E-state index is 13.5. The number of nitrogens with two attached hydrogens (primary N) is 1. The van der Waals surface area contributed by atoms with E-state index in [2.05, 4.69) is 0 Å². The van der Waals surface area contributed by atoms with Crippen LogP contribution in [0, 0.1) is 5.82 Å². The summed E-state index contributed by atoms with van der Waals surface area (Å²) in [6, 6.07) is 12.0. The first-order chi connectivity index (χ1) is 8.68. The van der Waals surface area contributed by atoms with Crippen molar-refractivity contribution in [1.82, 2.24) is 0 Å². The maximum Gasteiger partial charge on any atom is 0.130 e. The third kappa shape index (κ3) is 3.00. The average Bonchev–Trinajstić information content (AvgIpc) is 2.35. The van der Waals surface area contributed by atoms with Gasteiger partial charge < -0.3 is 10.5 Å². The van der Waals surface area contributed by atoms with E-state index in [9.17, 15) is 4.39 Å². The minimum atomic E-state index is -0.353. The lowest BCUT2D eigenvalue weighted by Gasteiger charge is -2.09. The summed E-state index contributed by atoms with van der Waals surface area (Å²) in [6.45, 7) is 0.456. The molecular weight excluding hydrogens is 253 g/mol. The van der Waals surface area contributed by atoms with Crippen molar-refractivity contribution in [3.8, 4) is 0 Å². The fourth-order valence-corrected chi connectivity index (χ4v) is 1.80. The van der Waals surface area contributed by atoms with E-state index in [1.165, 1.54) is 6.07 Å². The molecule has 0 saturated carbocycles. The van der Waals surface area contributed by atoms with Crippen LogP contribution in [0.4, 0.5) is 10.1 Å². The van der Waals surface area contributed by atoms with Gasteiger partial charge in [-0.2, -0.15) is 0 Å². The number of hydrogen-bond donors (Lipinski definition) is 1. The summed E-state index contributed by atoms with van der Waals surface area (Å²) >= 11 is 5.99. The van der Waals surface area contributed by atoms with E-state index in [-0.39, 0.29) is 12.4 Å². The number of anilines is 1. The quantitative estimate of drug-likeness (QED) is 0.854. The first-order valence-corrected chi connectivity index (χ1v) is 5.90. The van der Waals surface area contributed by atoms with Crippen LogP contribution in [0.2, 0.25) is 5.02 Å². The van der Waals surface area contributed by atoms with Gasteiger partial charge in [0.1, 0.15) is 5.82 Å². The standard InChI is InChI=1S/C14H13ClFNO/c15-12-5-2-1-4-10(12)8-18-9-11-13(16)6-3-7-14(11)17/h1-7H,8-9,17H2. The Morgan fingerprint density at radius 1 is 1.06 bits per heavy atom. The molecule has 0 aliphatic heterocycles. The molecule has 0 unspecified atom stereocenters. The summed E-state index contributed by atoms with van der Waals surface area (Å²) in [4.78, 5) is 0. The molecule has 2 nitrogen and oxygen atoms in total. The van der Waals surface area contributed by atoms with Gasteiger partial charge in [0.25, 0.3) is 0 Å². The van der Waals surface area contributed by atoms with E-state index in [4.69, 9.17) is 22.1 Å². The number of ether oxygens (including phenoxy) is 1. The van der Waals surface area contributed by atoms with Gasteiger partial charge in [0, 0.05) is 16.3 Å². The van der Waals surface area contributed by atoms with Crippen LogP contribution in [-0.4, -0.2) is 0 Å². The predicted molar refractivity (Wildman–Crippen MR) is 70.8 cm³/mol. The third-order valence-electron chi connectivity index (χ3n) is 2.62. The van der Waals surface area contributed by atoms with Crippen molar-refractivity contribution in [3.63, 3.8) is 0 Å². The second-order valence-corrected chi connectivity index (χ2v) is 4.30. The molecule has 0 fully saturated rings. The largest absolute Gasteiger partial charge is 0.398 e. The van der Waals surface area contributed by atoms with Crippen LogP contribution in [0.5, 0.6) is 0 Å². The van der Waals surface area contributed by atoms with E-state index < -0.39 is 0 Å². The predicted octanol–water partition coefficient (Wildman–Crippen LogP) is 3.78. The summed E-state index contributed by atoms with van der Waals surface area (Å²) in [5.41, 5.74) is 7.33. The summed E-state index contributed by atoms with van der Waals surface area (Å²) in [5, 5.41) is 0.638. The molecule has 2 aromatic carbocycles. The molecule has 2 aromatic rings. The Bertz CT molecular complexity index is 525. The summed E-state index contributed by atoms with van der Waals surface area (Å²) in [5.74, 6) is -0.353. The molecule has 0 bridgehead atoms. The molecule has 18 heavy (non-hydrogen) atoms. The van der Waals surface area contributed by atoms with Crippen LogP contribution < -0.4 is 5.73 Å². The lowest BCUT2D eigenvalue weighted by Crippen LogP contribution is -2.01. The number of hydrogen-bond acceptors (Lipinski definition) is 2. The molecular formula is C14H13ClFNO. The normalized spacial score (nSPS) is 10.6. The van der Waals surface area contributed by atoms with E-state index in [0.717, 1.165) is 5.56 Å². The Morgan fingerprint density at radius 2 is 1.83 bits per heavy atom. The summed E-state index contributed by atoms with van der Waals surface area (Å²) < 4.78 is 18.9. The second-order valence-electron chi connectivity index (χ2n) is 3.89. The van der Waals surface area contributed by atoms with Crippen LogP contribution in [-0.2, 0) is 18.0 Å². The van der Waals surface area contributed by atoms with Crippen LogP contribution >= 0.6 is 11.6 Å². The van der Waals surface area contributed by atoms with Gasteiger partial charge in [-0.3, -0.25) is 0 Å². The molecule has 0 heterocycles. The number of rotatable bonds is 4. The Kier molecular flexibility index (Phi) is 4.18. The molecule has 4 heteroatoms. The molecule has 94 valence electrons. The highest BCUT2D eigenvalue weighted by atomic mass is 35.5. The van der Waals surface area contributed by atoms with E-state index in [0.29, 0.717) is 22.9 Å². The first-order valence-electron chi connectivity index (χ1n) is 5.52.